The lowest BCUT2D eigenvalue weighted by molar-refractivity contribution is -0.134. The van der Waals surface area contributed by atoms with Crippen molar-refractivity contribution in [3.63, 3.8) is 0 Å². The Labute approximate surface area is 139 Å². The first kappa shape index (κ1) is 18.2. The number of piperazine rings is 1. The lowest BCUT2D eigenvalue weighted by atomic mass is 9.79. The number of rotatable bonds is 5. The predicted molar refractivity (Wildman–Crippen MR) is 90.8 cm³/mol. The zero-order valence-corrected chi connectivity index (χ0v) is 14.6. The molecule has 2 aliphatic rings. The maximum absolute atomic E-state index is 12.1. The van der Waals surface area contributed by atoms with Crippen LogP contribution in [0.5, 0.6) is 0 Å². The summed E-state index contributed by atoms with van der Waals surface area (Å²) in [4.78, 5) is 27.6. The average Bonchev–Trinajstić information content (AvgIpc) is 2.59. The maximum Gasteiger partial charge on any atom is 0.242 e. The summed E-state index contributed by atoms with van der Waals surface area (Å²) < 4.78 is 0. The van der Waals surface area contributed by atoms with Crippen LogP contribution in [0, 0.1) is 11.8 Å². The number of hydrogen-bond acceptors (Lipinski definition) is 4. The highest BCUT2D eigenvalue weighted by molar-refractivity contribution is 5.85. The van der Waals surface area contributed by atoms with Gasteiger partial charge in [-0.05, 0) is 37.5 Å². The van der Waals surface area contributed by atoms with Crippen LogP contribution in [0.25, 0.3) is 0 Å². The molecule has 132 valence electrons. The number of carbonyl (C=O) groups is 2. The molecule has 2 amide bonds. The molecule has 2 rings (SSSR count). The number of nitrogens with zero attached hydrogens (tertiary/aromatic N) is 2. The summed E-state index contributed by atoms with van der Waals surface area (Å²) in [6.07, 6.45) is 5.27. The Kier molecular flexibility index (Phi) is 6.84. The molecule has 23 heavy (non-hydrogen) atoms. The third-order valence-electron chi connectivity index (χ3n) is 5.49. The zero-order chi connectivity index (χ0) is 16.8. The molecular formula is C17H32N4O2. The van der Waals surface area contributed by atoms with Gasteiger partial charge in [0.25, 0.3) is 0 Å². The molecule has 6 nitrogen and oxygen atoms in total. The largest absolute Gasteiger partial charge is 0.346 e. The zero-order valence-electron chi connectivity index (χ0n) is 14.6. The van der Waals surface area contributed by atoms with Gasteiger partial charge in [0.15, 0.2) is 0 Å². The van der Waals surface area contributed by atoms with Gasteiger partial charge in [0.1, 0.15) is 0 Å². The van der Waals surface area contributed by atoms with Gasteiger partial charge in [0, 0.05) is 32.2 Å². The van der Waals surface area contributed by atoms with Crippen LogP contribution in [-0.4, -0.2) is 66.9 Å². The molecule has 0 bridgehead atoms. The highest BCUT2D eigenvalue weighted by Gasteiger charge is 2.30. The van der Waals surface area contributed by atoms with E-state index in [0.717, 1.165) is 38.0 Å². The molecule has 0 aromatic rings. The van der Waals surface area contributed by atoms with Crippen molar-refractivity contribution in [2.75, 3.05) is 39.3 Å². The van der Waals surface area contributed by atoms with E-state index in [1.807, 2.05) is 4.90 Å². The van der Waals surface area contributed by atoms with Crippen LogP contribution in [0.4, 0.5) is 0 Å². The molecule has 6 heteroatoms. The normalized spacial score (nSPS) is 26.3. The Morgan fingerprint density at radius 1 is 1.09 bits per heavy atom. The molecule has 3 N–H and O–H groups in total. The molecule has 0 spiro atoms. The lowest BCUT2D eigenvalue weighted by Crippen LogP contribution is -2.54. The highest BCUT2D eigenvalue weighted by Crippen LogP contribution is 2.32. The summed E-state index contributed by atoms with van der Waals surface area (Å²) in [5.74, 6) is 1.41. The SMILES string of the molecule is CC(C)C1CCC(N2CCN(C(=O)CNC(=O)CN)CC2)CC1. The van der Waals surface area contributed by atoms with Gasteiger partial charge < -0.3 is 16.0 Å². The van der Waals surface area contributed by atoms with E-state index >= 15 is 0 Å². The molecule has 0 unspecified atom stereocenters. The molecule has 0 radical (unpaired) electrons. The van der Waals surface area contributed by atoms with Crippen molar-refractivity contribution in [3.05, 3.63) is 0 Å². The lowest BCUT2D eigenvalue weighted by Gasteiger charge is -2.42. The summed E-state index contributed by atoms with van der Waals surface area (Å²) in [5.41, 5.74) is 5.22. The molecule has 0 atom stereocenters. The Morgan fingerprint density at radius 2 is 1.70 bits per heavy atom. The molecule has 1 aliphatic carbocycles. The summed E-state index contributed by atoms with van der Waals surface area (Å²) in [6, 6.07) is 0.694. The Balaban J connectivity index is 1.70. The second kappa shape index (κ2) is 8.64. The molecule has 1 saturated carbocycles. The van der Waals surface area contributed by atoms with Gasteiger partial charge in [-0.25, -0.2) is 0 Å². The first-order valence-electron chi connectivity index (χ1n) is 8.99. The van der Waals surface area contributed by atoms with E-state index in [-0.39, 0.29) is 24.9 Å². The first-order chi connectivity index (χ1) is 11.0. The second-order valence-electron chi connectivity index (χ2n) is 7.21. The van der Waals surface area contributed by atoms with E-state index < -0.39 is 0 Å². The van der Waals surface area contributed by atoms with Crippen LogP contribution in [0.1, 0.15) is 39.5 Å². The van der Waals surface area contributed by atoms with Gasteiger partial charge in [-0.2, -0.15) is 0 Å². The summed E-state index contributed by atoms with van der Waals surface area (Å²) in [7, 11) is 0. The number of nitrogens with two attached hydrogens (primary N) is 1. The Morgan fingerprint density at radius 3 is 2.22 bits per heavy atom. The topological polar surface area (TPSA) is 78.7 Å². The van der Waals surface area contributed by atoms with Crippen LogP contribution in [0.3, 0.4) is 0 Å². The fourth-order valence-corrected chi connectivity index (χ4v) is 3.83. The quantitative estimate of drug-likeness (QED) is 0.768. The third kappa shape index (κ3) is 5.18. The van der Waals surface area contributed by atoms with Crippen molar-refractivity contribution < 1.29 is 9.59 Å². The Bertz CT molecular complexity index is 397. The molecule has 1 heterocycles. The molecule has 0 aromatic heterocycles. The van der Waals surface area contributed by atoms with Crippen LogP contribution in [0.2, 0.25) is 0 Å². The van der Waals surface area contributed by atoms with E-state index in [1.54, 1.807) is 0 Å². The smallest absolute Gasteiger partial charge is 0.242 e. The predicted octanol–water partition coefficient (Wildman–Crippen LogP) is 0.420. The van der Waals surface area contributed by atoms with Crippen molar-refractivity contribution in [1.29, 1.82) is 0 Å². The number of hydrogen-bond donors (Lipinski definition) is 2. The summed E-state index contributed by atoms with van der Waals surface area (Å²) >= 11 is 0. The molecular weight excluding hydrogens is 292 g/mol. The average molecular weight is 324 g/mol. The molecule has 1 saturated heterocycles. The van der Waals surface area contributed by atoms with Gasteiger partial charge in [-0.1, -0.05) is 13.8 Å². The van der Waals surface area contributed by atoms with Gasteiger partial charge >= 0.3 is 0 Å². The monoisotopic (exact) mass is 324 g/mol. The van der Waals surface area contributed by atoms with E-state index in [1.165, 1.54) is 25.7 Å². The van der Waals surface area contributed by atoms with Gasteiger partial charge in [-0.3, -0.25) is 14.5 Å². The van der Waals surface area contributed by atoms with E-state index in [2.05, 4.69) is 24.1 Å². The molecule has 2 fully saturated rings. The number of amides is 2. The minimum atomic E-state index is -0.279. The highest BCUT2D eigenvalue weighted by atomic mass is 16.2. The fourth-order valence-electron chi connectivity index (χ4n) is 3.83. The van der Waals surface area contributed by atoms with E-state index in [9.17, 15) is 9.59 Å². The van der Waals surface area contributed by atoms with Crippen LogP contribution in [-0.2, 0) is 9.59 Å². The summed E-state index contributed by atoms with van der Waals surface area (Å²) in [5, 5.41) is 2.55. The standard InChI is InChI=1S/C17H32N4O2/c1-13(2)14-3-5-15(6-4-14)20-7-9-21(10-8-20)17(23)12-19-16(22)11-18/h13-15H,3-12,18H2,1-2H3,(H,19,22). The number of nitrogens with one attached hydrogen (secondary N) is 1. The van der Waals surface area contributed by atoms with Crippen molar-refractivity contribution in [2.45, 2.75) is 45.6 Å². The van der Waals surface area contributed by atoms with E-state index in [4.69, 9.17) is 5.73 Å². The Hall–Kier alpha value is -1.14. The van der Waals surface area contributed by atoms with Crippen LogP contribution >= 0.6 is 0 Å². The molecule has 0 aromatic carbocycles. The van der Waals surface area contributed by atoms with Gasteiger partial charge in [-0.15, -0.1) is 0 Å². The number of carbonyl (C=O) groups excluding carboxylic acids is 2. The van der Waals surface area contributed by atoms with Crippen molar-refractivity contribution in [1.82, 2.24) is 15.1 Å². The minimum absolute atomic E-state index is 0.00466. The van der Waals surface area contributed by atoms with Crippen LogP contribution in [0.15, 0.2) is 0 Å². The van der Waals surface area contributed by atoms with Crippen molar-refractivity contribution in [3.8, 4) is 0 Å². The van der Waals surface area contributed by atoms with Crippen LogP contribution < -0.4 is 11.1 Å². The van der Waals surface area contributed by atoms with Gasteiger partial charge in [0.05, 0.1) is 13.1 Å². The summed E-state index contributed by atoms with van der Waals surface area (Å²) in [6.45, 7) is 8.09. The van der Waals surface area contributed by atoms with Gasteiger partial charge in [0.2, 0.25) is 11.8 Å². The fraction of sp³-hybridized carbons (Fsp3) is 0.882. The first-order valence-corrected chi connectivity index (χ1v) is 8.99. The van der Waals surface area contributed by atoms with Crippen molar-refractivity contribution in [2.24, 2.45) is 17.6 Å². The minimum Gasteiger partial charge on any atom is -0.346 e. The molecule has 1 aliphatic heterocycles. The third-order valence-corrected chi connectivity index (χ3v) is 5.49. The maximum atomic E-state index is 12.1. The van der Waals surface area contributed by atoms with Crippen molar-refractivity contribution >= 4 is 11.8 Å². The van der Waals surface area contributed by atoms with E-state index in [0.29, 0.717) is 6.04 Å². The second-order valence-corrected chi connectivity index (χ2v) is 7.21.